The average molecular weight is 470 g/mol. The number of benzene rings is 2. The van der Waals surface area contributed by atoms with Crippen LogP contribution in [-0.2, 0) is 16.0 Å². The highest BCUT2D eigenvalue weighted by atomic mass is 35.5. The molecular weight excluding hydrogens is 445 g/mol. The fourth-order valence-corrected chi connectivity index (χ4v) is 4.03. The van der Waals surface area contributed by atoms with Gasteiger partial charge in [-0.2, -0.15) is 5.10 Å². The fourth-order valence-electron chi connectivity index (χ4n) is 3.82. The van der Waals surface area contributed by atoms with Crippen molar-refractivity contribution in [1.82, 2.24) is 19.6 Å². The fraction of sp³-hybridized carbons (Fsp3) is 0.292. The molecule has 0 atom stereocenters. The maximum atomic E-state index is 13.2. The van der Waals surface area contributed by atoms with Gasteiger partial charge in [0.1, 0.15) is 11.6 Å². The molecule has 0 spiro atoms. The summed E-state index contributed by atoms with van der Waals surface area (Å²) in [7, 11) is 0. The third-order valence-electron chi connectivity index (χ3n) is 5.56. The summed E-state index contributed by atoms with van der Waals surface area (Å²) < 4.78 is 14.8. The van der Waals surface area contributed by atoms with Crippen LogP contribution in [0.4, 0.5) is 10.2 Å². The highest BCUT2D eigenvalue weighted by Crippen LogP contribution is 2.19. The summed E-state index contributed by atoms with van der Waals surface area (Å²) in [5, 5.41) is 7.88. The molecule has 1 fully saturated rings. The van der Waals surface area contributed by atoms with E-state index in [1.54, 1.807) is 28.9 Å². The van der Waals surface area contributed by atoms with Crippen molar-refractivity contribution in [3.05, 3.63) is 76.7 Å². The Labute approximate surface area is 196 Å². The molecule has 33 heavy (non-hydrogen) atoms. The lowest BCUT2D eigenvalue weighted by atomic mass is 10.1. The van der Waals surface area contributed by atoms with Gasteiger partial charge in [-0.3, -0.25) is 14.5 Å². The Morgan fingerprint density at radius 2 is 1.76 bits per heavy atom. The maximum absolute atomic E-state index is 13.2. The van der Waals surface area contributed by atoms with Crippen molar-refractivity contribution in [1.29, 1.82) is 0 Å². The van der Waals surface area contributed by atoms with Gasteiger partial charge >= 0.3 is 0 Å². The zero-order valence-electron chi connectivity index (χ0n) is 18.3. The van der Waals surface area contributed by atoms with E-state index in [9.17, 15) is 14.0 Å². The number of amides is 2. The van der Waals surface area contributed by atoms with Crippen molar-refractivity contribution in [3.63, 3.8) is 0 Å². The molecule has 2 aromatic carbocycles. The molecule has 0 radical (unpaired) electrons. The van der Waals surface area contributed by atoms with Crippen LogP contribution in [0.3, 0.4) is 0 Å². The number of carbonyl (C=O) groups is 2. The SMILES string of the molecule is Cc1cc(NC(=O)CN2CCN(C(=O)Cc3ccccc3Cl)CC2)n(-c2ccc(F)cc2)n1. The number of nitrogens with one attached hydrogen (secondary N) is 1. The molecule has 1 aliphatic heterocycles. The van der Waals surface area contributed by atoms with Gasteiger partial charge in [0.2, 0.25) is 11.8 Å². The molecule has 0 saturated carbocycles. The predicted octanol–water partition coefficient (Wildman–Crippen LogP) is 3.30. The highest BCUT2D eigenvalue weighted by molar-refractivity contribution is 6.31. The van der Waals surface area contributed by atoms with Gasteiger partial charge in [0.25, 0.3) is 0 Å². The minimum atomic E-state index is -0.335. The maximum Gasteiger partial charge on any atom is 0.239 e. The molecule has 2 amide bonds. The van der Waals surface area contributed by atoms with Crippen molar-refractivity contribution in [2.75, 3.05) is 38.0 Å². The van der Waals surface area contributed by atoms with E-state index in [0.29, 0.717) is 42.7 Å². The van der Waals surface area contributed by atoms with Gasteiger partial charge < -0.3 is 10.2 Å². The van der Waals surface area contributed by atoms with E-state index in [2.05, 4.69) is 10.4 Å². The smallest absolute Gasteiger partial charge is 0.239 e. The average Bonchev–Trinajstić information content (AvgIpc) is 3.16. The molecule has 172 valence electrons. The van der Waals surface area contributed by atoms with E-state index in [1.807, 2.05) is 34.9 Å². The van der Waals surface area contributed by atoms with Gasteiger partial charge in [-0.05, 0) is 42.8 Å². The number of carbonyl (C=O) groups excluding carboxylic acids is 2. The zero-order chi connectivity index (χ0) is 23.4. The molecule has 1 aliphatic rings. The molecule has 4 rings (SSSR count). The van der Waals surface area contributed by atoms with Crippen molar-refractivity contribution >= 4 is 29.2 Å². The molecule has 0 unspecified atom stereocenters. The van der Waals surface area contributed by atoms with E-state index in [1.165, 1.54) is 12.1 Å². The number of halogens is 2. The number of hydrogen-bond acceptors (Lipinski definition) is 4. The molecule has 0 bridgehead atoms. The van der Waals surface area contributed by atoms with Gasteiger partial charge in [-0.1, -0.05) is 29.8 Å². The van der Waals surface area contributed by atoms with E-state index in [0.717, 1.165) is 11.3 Å². The molecule has 2 heterocycles. The monoisotopic (exact) mass is 469 g/mol. The molecular formula is C24H25ClFN5O2. The van der Waals surface area contributed by atoms with Gasteiger partial charge in [0.15, 0.2) is 0 Å². The van der Waals surface area contributed by atoms with Crippen LogP contribution in [0.1, 0.15) is 11.3 Å². The van der Waals surface area contributed by atoms with Crippen molar-refractivity contribution in [3.8, 4) is 5.69 Å². The van der Waals surface area contributed by atoms with Crippen LogP contribution >= 0.6 is 11.6 Å². The van der Waals surface area contributed by atoms with Crippen LogP contribution in [0.5, 0.6) is 0 Å². The van der Waals surface area contributed by atoms with Crippen molar-refractivity contribution < 1.29 is 14.0 Å². The first-order valence-corrected chi connectivity index (χ1v) is 11.1. The largest absolute Gasteiger partial charge is 0.340 e. The standard InChI is InChI=1S/C24H25ClFN5O2/c1-17-14-22(31(28-17)20-8-6-19(26)7-9-20)27-23(32)16-29-10-12-30(13-11-29)24(33)15-18-4-2-3-5-21(18)25/h2-9,14H,10-13,15-16H2,1H3,(H,27,32). The first kappa shape index (κ1) is 22.9. The third kappa shape index (κ3) is 5.77. The zero-order valence-corrected chi connectivity index (χ0v) is 19.1. The summed E-state index contributed by atoms with van der Waals surface area (Å²) in [6.07, 6.45) is 0.271. The highest BCUT2D eigenvalue weighted by Gasteiger charge is 2.23. The van der Waals surface area contributed by atoms with Crippen LogP contribution in [0.15, 0.2) is 54.6 Å². The quantitative estimate of drug-likeness (QED) is 0.601. The minimum Gasteiger partial charge on any atom is -0.340 e. The Hall–Kier alpha value is -3.23. The van der Waals surface area contributed by atoms with Gasteiger partial charge in [-0.15, -0.1) is 0 Å². The Kier molecular flexibility index (Phi) is 7.05. The van der Waals surface area contributed by atoms with Crippen LogP contribution in [-0.4, -0.2) is 64.1 Å². The lowest BCUT2D eigenvalue weighted by Gasteiger charge is -2.34. The number of hydrogen-bond donors (Lipinski definition) is 1. The van der Waals surface area contributed by atoms with Gasteiger partial charge in [-0.25, -0.2) is 9.07 Å². The molecule has 7 nitrogen and oxygen atoms in total. The second-order valence-electron chi connectivity index (χ2n) is 8.03. The molecule has 3 aromatic rings. The summed E-state index contributed by atoms with van der Waals surface area (Å²) in [5.74, 6) is 0.0512. The Morgan fingerprint density at radius 3 is 2.45 bits per heavy atom. The summed E-state index contributed by atoms with van der Waals surface area (Å²) in [6.45, 7) is 4.37. The Bertz CT molecular complexity index is 1140. The third-order valence-corrected chi connectivity index (χ3v) is 5.93. The minimum absolute atomic E-state index is 0.0332. The van der Waals surface area contributed by atoms with Crippen LogP contribution < -0.4 is 5.32 Å². The van der Waals surface area contributed by atoms with Crippen LogP contribution in [0, 0.1) is 12.7 Å². The molecule has 1 aromatic heterocycles. The van der Waals surface area contributed by atoms with E-state index in [4.69, 9.17) is 11.6 Å². The number of rotatable bonds is 6. The summed E-state index contributed by atoms with van der Waals surface area (Å²) in [6, 6.07) is 15.0. The summed E-state index contributed by atoms with van der Waals surface area (Å²) in [5.41, 5.74) is 2.21. The van der Waals surface area contributed by atoms with Crippen LogP contribution in [0.2, 0.25) is 5.02 Å². The topological polar surface area (TPSA) is 70.5 Å². The Balaban J connectivity index is 1.30. The van der Waals surface area contributed by atoms with Crippen molar-refractivity contribution in [2.24, 2.45) is 0 Å². The molecule has 0 aliphatic carbocycles. The lowest BCUT2D eigenvalue weighted by molar-refractivity contribution is -0.132. The first-order valence-electron chi connectivity index (χ1n) is 10.7. The number of nitrogens with zero attached hydrogens (tertiary/aromatic N) is 4. The van der Waals surface area contributed by atoms with E-state index < -0.39 is 0 Å². The normalized spacial score (nSPS) is 14.3. The van der Waals surface area contributed by atoms with Crippen LogP contribution in [0.25, 0.3) is 5.69 Å². The molecule has 9 heteroatoms. The van der Waals surface area contributed by atoms with Crippen molar-refractivity contribution in [2.45, 2.75) is 13.3 Å². The number of aromatic nitrogens is 2. The number of anilines is 1. The second-order valence-corrected chi connectivity index (χ2v) is 8.44. The number of piperazine rings is 1. The summed E-state index contributed by atoms with van der Waals surface area (Å²) in [4.78, 5) is 29.1. The number of aryl methyl sites for hydroxylation is 1. The van der Waals surface area contributed by atoms with E-state index in [-0.39, 0.29) is 30.6 Å². The molecule has 1 saturated heterocycles. The lowest BCUT2D eigenvalue weighted by Crippen LogP contribution is -2.50. The summed E-state index contributed by atoms with van der Waals surface area (Å²) >= 11 is 6.17. The molecule has 1 N–H and O–H groups in total. The predicted molar refractivity (Wildman–Crippen MR) is 125 cm³/mol. The second kappa shape index (κ2) is 10.1. The first-order chi connectivity index (χ1) is 15.9. The van der Waals surface area contributed by atoms with Gasteiger partial charge in [0.05, 0.1) is 24.3 Å². The Morgan fingerprint density at radius 1 is 1.06 bits per heavy atom. The van der Waals surface area contributed by atoms with Gasteiger partial charge in [0, 0.05) is 37.3 Å². The van der Waals surface area contributed by atoms with E-state index >= 15 is 0 Å².